The maximum Gasteiger partial charge on any atom is 0.244 e. The molecule has 8 heteroatoms. The molecule has 1 amide bonds. The minimum absolute atomic E-state index is 0.0464. The number of rotatable bonds is 6. The molecule has 0 bridgehead atoms. The number of halogens is 1. The van der Waals surface area contributed by atoms with Gasteiger partial charge in [-0.3, -0.25) is 9.59 Å². The molecule has 0 saturated carbocycles. The molecule has 2 aromatic heterocycles. The van der Waals surface area contributed by atoms with Crippen LogP contribution in [0.2, 0.25) is 5.02 Å². The van der Waals surface area contributed by atoms with Gasteiger partial charge >= 0.3 is 0 Å². The Hall–Kier alpha value is -2.90. The van der Waals surface area contributed by atoms with Crippen LogP contribution < -0.4 is 10.1 Å². The molecular formula is C22H19ClN2O4S. The van der Waals surface area contributed by atoms with Crippen molar-refractivity contribution in [2.45, 2.75) is 26.4 Å². The van der Waals surface area contributed by atoms with Crippen molar-refractivity contribution < 1.29 is 18.7 Å². The summed E-state index contributed by atoms with van der Waals surface area (Å²) in [7, 11) is 0. The molecule has 3 heterocycles. The lowest BCUT2D eigenvalue weighted by molar-refractivity contribution is -0.116. The van der Waals surface area contributed by atoms with E-state index >= 15 is 0 Å². The molecule has 0 saturated heterocycles. The molecule has 0 radical (unpaired) electrons. The topological polar surface area (TPSA) is 81.4 Å². The molecule has 1 atom stereocenters. The number of nitrogens with one attached hydrogen (secondary N) is 1. The van der Waals surface area contributed by atoms with Gasteiger partial charge in [0.2, 0.25) is 5.91 Å². The van der Waals surface area contributed by atoms with E-state index in [4.69, 9.17) is 20.8 Å². The smallest absolute Gasteiger partial charge is 0.244 e. The molecule has 1 unspecified atom stereocenters. The van der Waals surface area contributed by atoms with Crippen LogP contribution in [0, 0.1) is 6.92 Å². The largest absolute Gasteiger partial charge is 0.486 e. The fraction of sp³-hybridized carbons (Fsp3) is 0.227. The Morgan fingerprint density at radius 2 is 2.20 bits per heavy atom. The number of hydrogen-bond acceptors (Lipinski definition) is 6. The van der Waals surface area contributed by atoms with Crippen LogP contribution in [-0.2, 0) is 11.2 Å². The van der Waals surface area contributed by atoms with Crippen molar-refractivity contribution in [2.24, 2.45) is 0 Å². The highest BCUT2D eigenvalue weighted by molar-refractivity contribution is 7.17. The van der Waals surface area contributed by atoms with Crippen LogP contribution in [0.5, 0.6) is 5.75 Å². The fourth-order valence-corrected chi connectivity index (χ4v) is 4.38. The number of hydrogen-bond donors (Lipinski definition) is 1. The van der Waals surface area contributed by atoms with Gasteiger partial charge in [0.25, 0.3) is 0 Å². The first-order chi connectivity index (χ1) is 14.4. The van der Waals surface area contributed by atoms with Crippen LogP contribution in [-0.4, -0.2) is 29.3 Å². The standard InChI is InChI=1S/C22H19ClN2O4S/c1-12(26)19-4-5-20(30-19)14-7-15-8-17(29-22(15)18(23)9-14)11-25-21(27)6-3-16-10-24-13(2)28-16/h3-7,9-10,17H,8,11H2,1-2H3,(H,25,27)/b6-3+. The van der Waals surface area contributed by atoms with E-state index in [9.17, 15) is 9.59 Å². The Balaban J connectivity index is 1.39. The average molecular weight is 443 g/mol. The summed E-state index contributed by atoms with van der Waals surface area (Å²) in [5.74, 6) is 1.52. The van der Waals surface area contributed by atoms with E-state index in [1.165, 1.54) is 17.4 Å². The fourth-order valence-electron chi connectivity index (χ4n) is 3.21. The highest BCUT2D eigenvalue weighted by Gasteiger charge is 2.26. The van der Waals surface area contributed by atoms with Gasteiger partial charge in [-0.2, -0.15) is 0 Å². The van der Waals surface area contributed by atoms with E-state index in [0.717, 1.165) is 16.0 Å². The summed E-state index contributed by atoms with van der Waals surface area (Å²) in [4.78, 5) is 29.3. The molecule has 3 aromatic rings. The van der Waals surface area contributed by atoms with Crippen molar-refractivity contribution in [3.63, 3.8) is 0 Å². The SMILES string of the molecule is CC(=O)c1ccc(-c2cc(Cl)c3c(c2)CC(CNC(=O)/C=C/c2cnc(C)o2)O3)s1. The van der Waals surface area contributed by atoms with E-state index < -0.39 is 0 Å². The second kappa shape index (κ2) is 8.45. The molecule has 1 aliphatic rings. The van der Waals surface area contributed by atoms with Crippen LogP contribution in [0.1, 0.15) is 33.8 Å². The third kappa shape index (κ3) is 4.47. The van der Waals surface area contributed by atoms with Gasteiger partial charge in [-0.25, -0.2) is 4.98 Å². The second-order valence-corrected chi connectivity index (χ2v) is 8.46. The van der Waals surface area contributed by atoms with Crippen molar-refractivity contribution in [1.82, 2.24) is 10.3 Å². The Labute approximate surface area is 182 Å². The van der Waals surface area contributed by atoms with Crippen LogP contribution in [0.4, 0.5) is 0 Å². The summed E-state index contributed by atoms with van der Waals surface area (Å²) in [6.45, 7) is 3.65. The monoisotopic (exact) mass is 442 g/mol. The number of carbonyl (C=O) groups excluding carboxylic acids is 2. The number of nitrogens with zero attached hydrogens (tertiary/aromatic N) is 1. The summed E-state index contributed by atoms with van der Waals surface area (Å²) in [6, 6.07) is 7.63. The van der Waals surface area contributed by atoms with Crippen molar-refractivity contribution in [3.05, 3.63) is 63.7 Å². The molecule has 0 fully saturated rings. The number of ether oxygens (including phenoxy) is 1. The van der Waals surface area contributed by atoms with Gasteiger partial charge in [-0.15, -0.1) is 11.3 Å². The third-order valence-corrected chi connectivity index (χ3v) is 6.15. The number of aromatic nitrogens is 1. The van der Waals surface area contributed by atoms with Gasteiger partial charge < -0.3 is 14.5 Å². The number of carbonyl (C=O) groups is 2. The Kier molecular flexibility index (Phi) is 5.74. The summed E-state index contributed by atoms with van der Waals surface area (Å²) in [5.41, 5.74) is 1.94. The second-order valence-electron chi connectivity index (χ2n) is 6.97. The number of benzene rings is 1. The van der Waals surface area contributed by atoms with Gasteiger partial charge in [0.05, 0.1) is 22.6 Å². The number of fused-ring (bicyclic) bond motifs is 1. The molecule has 6 nitrogen and oxygen atoms in total. The molecule has 1 N–H and O–H groups in total. The highest BCUT2D eigenvalue weighted by atomic mass is 35.5. The predicted octanol–water partition coefficient (Wildman–Crippen LogP) is 4.70. The lowest BCUT2D eigenvalue weighted by Gasteiger charge is -2.11. The molecular weight excluding hydrogens is 424 g/mol. The predicted molar refractivity (Wildman–Crippen MR) is 116 cm³/mol. The Morgan fingerprint density at radius 3 is 2.90 bits per heavy atom. The average Bonchev–Trinajstić information content (AvgIpc) is 3.43. The van der Waals surface area contributed by atoms with E-state index in [-0.39, 0.29) is 17.8 Å². The molecule has 1 aliphatic heterocycles. The summed E-state index contributed by atoms with van der Waals surface area (Å²) >= 11 is 7.88. The number of aryl methyl sites for hydroxylation is 1. The van der Waals surface area contributed by atoms with E-state index in [2.05, 4.69) is 10.3 Å². The quantitative estimate of drug-likeness (QED) is 0.442. The van der Waals surface area contributed by atoms with Crippen LogP contribution in [0.15, 0.2) is 41.0 Å². The number of Topliss-reactive ketones (excluding diaryl/α,β-unsaturated/α-hetero) is 1. The third-order valence-electron chi connectivity index (χ3n) is 4.63. The zero-order valence-electron chi connectivity index (χ0n) is 16.4. The van der Waals surface area contributed by atoms with Gasteiger partial charge in [0.15, 0.2) is 11.7 Å². The normalized spacial score (nSPS) is 15.2. The van der Waals surface area contributed by atoms with E-state index in [1.807, 2.05) is 24.3 Å². The highest BCUT2D eigenvalue weighted by Crippen LogP contribution is 2.41. The number of thiophene rings is 1. The molecule has 154 valence electrons. The van der Waals surface area contributed by atoms with Crippen molar-refractivity contribution in [2.75, 3.05) is 6.54 Å². The maximum atomic E-state index is 12.0. The number of amides is 1. The first-order valence-electron chi connectivity index (χ1n) is 9.37. The summed E-state index contributed by atoms with van der Waals surface area (Å²) in [5, 5.41) is 3.35. The first-order valence-corrected chi connectivity index (χ1v) is 10.6. The minimum atomic E-state index is -0.245. The van der Waals surface area contributed by atoms with E-state index in [1.54, 1.807) is 26.1 Å². The number of oxazole rings is 1. The molecule has 30 heavy (non-hydrogen) atoms. The Morgan fingerprint density at radius 1 is 1.37 bits per heavy atom. The first kappa shape index (κ1) is 20.4. The minimum Gasteiger partial charge on any atom is -0.486 e. The van der Waals surface area contributed by atoms with Gasteiger partial charge in [-0.05, 0) is 42.8 Å². The molecule has 4 rings (SSSR count). The summed E-state index contributed by atoms with van der Waals surface area (Å²) in [6.07, 6.45) is 4.96. The zero-order chi connectivity index (χ0) is 21.3. The Bertz CT molecular complexity index is 1150. The number of ketones is 1. The summed E-state index contributed by atoms with van der Waals surface area (Å²) < 4.78 is 11.2. The van der Waals surface area contributed by atoms with Gasteiger partial charge in [0.1, 0.15) is 17.6 Å². The van der Waals surface area contributed by atoms with Crippen molar-refractivity contribution >= 4 is 40.7 Å². The zero-order valence-corrected chi connectivity index (χ0v) is 18.0. The lowest BCUT2D eigenvalue weighted by atomic mass is 10.1. The lowest BCUT2D eigenvalue weighted by Crippen LogP contribution is -2.33. The molecule has 0 aliphatic carbocycles. The molecule has 1 aromatic carbocycles. The van der Waals surface area contributed by atoms with Crippen molar-refractivity contribution in [1.29, 1.82) is 0 Å². The molecule has 0 spiro atoms. The van der Waals surface area contributed by atoms with Gasteiger partial charge in [-0.1, -0.05) is 11.6 Å². The van der Waals surface area contributed by atoms with Crippen LogP contribution >= 0.6 is 22.9 Å². The van der Waals surface area contributed by atoms with Gasteiger partial charge in [0, 0.05) is 29.9 Å². The maximum absolute atomic E-state index is 12.0. The van der Waals surface area contributed by atoms with Crippen LogP contribution in [0.25, 0.3) is 16.5 Å². The van der Waals surface area contributed by atoms with E-state index in [0.29, 0.717) is 40.3 Å². The van der Waals surface area contributed by atoms with Crippen LogP contribution in [0.3, 0.4) is 0 Å². The van der Waals surface area contributed by atoms with Crippen molar-refractivity contribution in [3.8, 4) is 16.2 Å².